The van der Waals surface area contributed by atoms with Gasteiger partial charge < -0.3 is 30.0 Å². The normalized spacial score (nSPS) is 18.4. The van der Waals surface area contributed by atoms with Crippen molar-refractivity contribution in [2.24, 2.45) is 5.92 Å². The van der Waals surface area contributed by atoms with E-state index in [1.54, 1.807) is 5.38 Å². The zero-order valence-electron chi connectivity index (χ0n) is 24.6. The molecule has 0 saturated heterocycles. The molecule has 0 aliphatic carbocycles. The summed E-state index contributed by atoms with van der Waals surface area (Å²) in [7, 11) is 0. The van der Waals surface area contributed by atoms with E-state index in [9.17, 15) is 19.2 Å². The number of hydrogen-bond acceptors (Lipinski definition) is 9. The van der Waals surface area contributed by atoms with Crippen LogP contribution in [-0.4, -0.2) is 71.3 Å². The summed E-state index contributed by atoms with van der Waals surface area (Å²) in [6.45, 7) is 6.56. The van der Waals surface area contributed by atoms with E-state index in [1.807, 2.05) is 51.1 Å². The standard InChI is InChI=1S/C30H38N6O6S/c1-4-41-13-10-26(38)36-12-11-31-27(39)24-18-43-30(35-24)22(14-19(2)3)33-28(40)23-17-42-29(34-23)21(32-25(37)16-36)15-20-8-6-5-7-9-20/h5-9,17-19,21-22H,4,10-16H2,1-3H3,(H,31,39)(H,32,37)(H,33,40)/t21-,22-/m0/s1. The van der Waals surface area contributed by atoms with Gasteiger partial charge in [0.1, 0.15) is 23.0 Å². The van der Waals surface area contributed by atoms with Gasteiger partial charge in [0.05, 0.1) is 25.6 Å². The predicted molar refractivity (Wildman–Crippen MR) is 159 cm³/mol. The Morgan fingerprint density at radius 3 is 2.63 bits per heavy atom. The Bertz CT molecular complexity index is 1390. The highest BCUT2D eigenvalue weighted by atomic mass is 32.1. The van der Waals surface area contributed by atoms with E-state index in [4.69, 9.17) is 9.15 Å². The first kappa shape index (κ1) is 31.8. The van der Waals surface area contributed by atoms with Crippen molar-refractivity contribution in [2.45, 2.75) is 52.1 Å². The Hall–Kier alpha value is -4.10. The summed E-state index contributed by atoms with van der Waals surface area (Å²) in [6.07, 6.45) is 2.30. The predicted octanol–water partition coefficient (Wildman–Crippen LogP) is 3.05. The summed E-state index contributed by atoms with van der Waals surface area (Å²) in [6, 6.07) is 8.35. The minimum atomic E-state index is -0.705. The minimum absolute atomic E-state index is 0.0550. The van der Waals surface area contributed by atoms with Crippen molar-refractivity contribution < 1.29 is 28.3 Å². The molecule has 3 N–H and O–H groups in total. The van der Waals surface area contributed by atoms with Gasteiger partial charge in [-0.15, -0.1) is 11.3 Å². The summed E-state index contributed by atoms with van der Waals surface area (Å²) < 4.78 is 11.1. The van der Waals surface area contributed by atoms with Gasteiger partial charge in [0.2, 0.25) is 17.7 Å². The van der Waals surface area contributed by atoms with E-state index >= 15 is 0 Å². The number of rotatable bonds is 8. The van der Waals surface area contributed by atoms with Crippen LogP contribution in [0.2, 0.25) is 0 Å². The Morgan fingerprint density at radius 2 is 1.88 bits per heavy atom. The number of hydrogen-bond donors (Lipinski definition) is 3. The van der Waals surface area contributed by atoms with Crippen LogP contribution in [0.4, 0.5) is 0 Å². The van der Waals surface area contributed by atoms with Gasteiger partial charge in [0.15, 0.2) is 5.69 Å². The lowest BCUT2D eigenvalue weighted by atomic mass is 10.0. The zero-order chi connectivity index (χ0) is 30.8. The van der Waals surface area contributed by atoms with E-state index in [0.717, 1.165) is 5.56 Å². The zero-order valence-corrected chi connectivity index (χ0v) is 25.4. The number of nitrogens with one attached hydrogen (secondary N) is 3. The van der Waals surface area contributed by atoms with E-state index in [1.165, 1.54) is 22.5 Å². The number of thiazole rings is 1. The molecule has 1 aromatic carbocycles. The van der Waals surface area contributed by atoms with Crippen molar-refractivity contribution in [2.75, 3.05) is 32.8 Å². The topological polar surface area (TPSA) is 156 Å². The molecule has 0 unspecified atom stereocenters. The van der Waals surface area contributed by atoms with Crippen LogP contribution in [0.25, 0.3) is 0 Å². The summed E-state index contributed by atoms with van der Waals surface area (Å²) in [5, 5.41) is 10.9. The Kier molecular flexibility index (Phi) is 11.4. The third-order valence-corrected chi connectivity index (χ3v) is 7.71. The molecule has 43 heavy (non-hydrogen) atoms. The molecular weight excluding hydrogens is 572 g/mol. The largest absolute Gasteiger partial charge is 0.446 e. The van der Waals surface area contributed by atoms with Crippen LogP contribution < -0.4 is 16.0 Å². The molecule has 0 saturated carbocycles. The fourth-order valence-electron chi connectivity index (χ4n) is 4.64. The van der Waals surface area contributed by atoms with Crippen molar-refractivity contribution in [3.8, 4) is 0 Å². The van der Waals surface area contributed by atoms with Crippen molar-refractivity contribution in [3.63, 3.8) is 0 Å². The fourth-order valence-corrected chi connectivity index (χ4v) is 5.50. The fraction of sp³-hybridized carbons (Fsp3) is 0.467. The molecule has 4 amide bonds. The van der Waals surface area contributed by atoms with Crippen LogP contribution in [0.1, 0.15) is 83.1 Å². The molecule has 2 atom stereocenters. The maximum absolute atomic E-state index is 13.3. The number of nitrogens with zero attached hydrogens (tertiary/aromatic N) is 3. The molecule has 3 aromatic rings. The Morgan fingerprint density at radius 1 is 1.09 bits per heavy atom. The van der Waals surface area contributed by atoms with Crippen LogP contribution in [0.5, 0.6) is 0 Å². The van der Waals surface area contributed by atoms with Crippen LogP contribution >= 0.6 is 11.3 Å². The maximum atomic E-state index is 13.3. The van der Waals surface area contributed by atoms with Crippen LogP contribution in [0.3, 0.4) is 0 Å². The van der Waals surface area contributed by atoms with Gasteiger partial charge in [0, 0.05) is 31.5 Å². The number of aromatic nitrogens is 2. The first-order valence-corrected chi connectivity index (χ1v) is 15.3. The highest BCUT2D eigenvalue weighted by molar-refractivity contribution is 7.09. The van der Waals surface area contributed by atoms with Gasteiger partial charge in [-0.2, -0.15) is 0 Å². The number of oxazole rings is 1. The highest BCUT2D eigenvalue weighted by Gasteiger charge is 2.27. The van der Waals surface area contributed by atoms with Gasteiger partial charge in [-0.25, -0.2) is 9.97 Å². The summed E-state index contributed by atoms with van der Waals surface area (Å²) in [5.74, 6) is -1.19. The quantitative estimate of drug-likeness (QED) is 0.329. The lowest BCUT2D eigenvalue weighted by Crippen LogP contribution is -2.45. The molecule has 0 spiro atoms. The molecule has 13 heteroatoms. The van der Waals surface area contributed by atoms with E-state index in [0.29, 0.717) is 24.5 Å². The molecule has 0 radical (unpaired) electrons. The second-order valence-corrected chi connectivity index (χ2v) is 11.5. The van der Waals surface area contributed by atoms with E-state index in [2.05, 4.69) is 25.9 Å². The number of fused-ring (bicyclic) bond motifs is 4. The second kappa shape index (κ2) is 15.4. The van der Waals surface area contributed by atoms with Crippen molar-refractivity contribution >= 4 is 35.0 Å². The van der Waals surface area contributed by atoms with Gasteiger partial charge in [0.25, 0.3) is 11.8 Å². The molecule has 1 aliphatic rings. The second-order valence-electron chi connectivity index (χ2n) is 10.6. The summed E-state index contributed by atoms with van der Waals surface area (Å²) in [5.41, 5.74) is 1.19. The molecule has 4 bridgehead atoms. The first-order valence-electron chi connectivity index (χ1n) is 14.4. The highest BCUT2D eigenvalue weighted by Crippen LogP contribution is 2.26. The number of benzene rings is 1. The van der Waals surface area contributed by atoms with Gasteiger partial charge in [-0.05, 0) is 24.8 Å². The summed E-state index contributed by atoms with van der Waals surface area (Å²) in [4.78, 5) is 62.9. The molecule has 2 aromatic heterocycles. The van der Waals surface area contributed by atoms with Gasteiger partial charge >= 0.3 is 0 Å². The third kappa shape index (κ3) is 9.19. The monoisotopic (exact) mass is 610 g/mol. The van der Waals surface area contributed by atoms with Crippen molar-refractivity contribution in [1.82, 2.24) is 30.8 Å². The molecule has 12 nitrogen and oxygen atoms in total. The minimum Gasteiger partial charge on any atom is -0.446 e. The summed E-state index contributed by atoms with van der Waals surface area (Å²) >= 11 is 1.28. The van der Waals surface area contributed by atoms with Crippen molar-refractivity contribution in [3.05, 3.63) is 69.8 Å². The molecule has 1 aliphatic heterocycles. The molecule has 230 valence electrons. The Balaban J connectivity index is 1.65. The van der Waals surface area contributed by atoms with Crippen molar-refractivity contribution in [1.29, 1.82) is 0 Å². The average Bonchev–Trinajstić information content (AvgIpc) is 3.67. The average molecular weight is 611 g/mol. The third-order valence-electron chi connectivity index (χ3n) is 6.75. The van der Waals surface area contributed by atoms with E-state index < -0.39 is 29.8 Å². The number of amides is 4. The number of carbonyl (C=O) groups excluding carboxylic acids is 4. The molecule has 0 fully saturated rings. The van der Waals surface area contributed by atoms with Crippen LogP contribution in [0.15, 0.2) is 46.4 Å². The van der Waals surface area contributed by atoms with Gasteiger partial charge in [-0.3, -0.25) is 19.2 Å². The molecule has 3 heterocycles. The smallest absolute Gasteiger partial charge is 0.273 e. The number of ether oxygens (including phenoxy) is 1. The Labute approximate surface area is 254 Å². The maximum Gasteiger partial charge on any atom is 0.273 e. The van der Waals surface area contributed by atoms with Crippen LogP contribution in [0, 0.1) is 5.92 Å². The molecule has 4 rings (SSSR count). The lowest BCUT2D eigenvalue weighted by molar-refractivity contribution is -0.137. The molecular formula is C30H38N6O6S. The first-order chi connectivity index (χ1) is 20.7. The lowest BCUT2D eigenvalue weighted by Gasteiger charge is -2.24. The number of carbonyl (C=O) groups is 4. The van der Waals surface area contributed by atoms with Crippen LogP contribution in [-0.2, 0) is 20.7 Å². The SMILES string of the molecule is CCOCCC(=O)N1CCNC(=O)c2csc(n2)[C@H](CC(C)C)NC(=O)c2coc(n2)[C@H](Cc2ccccc2)NC(=O)C1. The van der Waals surface area contributed by atoms with Gasteiger partial charge in [-0.1, -0.05) is 44.2 Å². The van der Waals surface area contributed by atoms with E-state index in [-0.39, 0.29) is 61.8 Å².